The van der Waals surface area contributed by atoms with E-state index in [4.69, 9.17) is 25.8 Å². The molecule has 0 atom stereocenters. The number of hydrogen-bond donors (Lipinski definition) is 1. The smallest absolute Gasteiger partial charge is 0.264 e. The van der Waals surface area contributed by atoms with Gasteiger partial charge in [0.1, 0.15) is 18.1 Å². The molecule has 0 aliphatic rings. The highest BCUT2D eigenvalue weighted by Crippen LogP contribution is 2.36. The van der Waals surface area contributed by atoms with Crippen molar-refractivity contribution in [3.63, 3.8) is 0 Å². The van der Waals surface area contributed by atoms with Crippen LogP contribution >= 0.6 is 11.6 Å². The minimum absolute atomic E-state index is 0.182. The molecular weight excluding hydrogens is 559 g/mol. The molecule has 0 aliphatic carbocycles. The van der Waals surface area contributed by atoms with Gasteiger partial charge in [-0.3, -0.25) is 9.10 Å². The van der Waals surface area contributed by atoms with E-state index in [1.807, 2.05) is 6.92 Å². The van der Waals surface area contributed by atoms with Gasteiger partial charge < -0.3 is 19.5 Å². The van der Waals surface area contributed by atoms with E-state index in [0.717, 1.165) is 28.6 Å². The van der Waals surface area contributed by atoms with E-state index in [0.29, 0.717) is 28.9 Å². The standard InChI is InChI=1S/C29H26ClFN2O6S/c1-3-38-23-13-11-22(12-14-23)33(40(35,36)24-15-9-21(31)10-16-24)19-29(34)32-25-18-20(30)8-17-26(25)39-28-7-5-4-6-27(28)37-2/h4-18H,3,19H2,1-2H3,(H,32,34). The number of halogens is 2. The fourth-order valence-electron chi connectivity index (χ4n) is 3.75. The van der Waals surface area contributed by atoms with Crippen LogP contribution < -0.4 is 23.8 Å². The maximum absolute atomic E-state index is 13.6. The molecule has 4 aromatic carbocycles. The third kappa shape index (κ3) is 6.83. The number of anilines is 2. The monoisotopic (exact) mass is 584 g/mol. The van der Waals surface area contributed by atoms with Crippen molar-refractivity contribution in [2.75, 3.05) is 29.9 Å². The van der Waals surface area contributed by atoms with Gasteiger partial charge in [0.05, 0.1) is 30.0 Å². The highest BCUT2D eigenvalue weighted by atomic mass is 35.5. The lowest BCUT2D eigenvalue weighted by Gasteiger charge is -2.24. The highest BCUT2D eigenvalue weighted by Gasteiger charge is 2.28. The van der Waals surface area contributed by atoms with Gasteiger partial charge >= 0.3 is 0 Å². The Morgan fingerprint density at radius 1 is 0.925 bits per heavy atom. The van der Waals surface area contributed by atoms with E-state index in [9.17, 15) is 17.6 Å². The first kappa shape index (κ1) is 28.7. The summed E-state index contributed by atoms with van der Waals surface area (Å²) in [5.74, 6) is 0.405. The first-order chi connectivity index (χ1) is 19.2. The van der Waals surface area contributed by atoms with Crippen LogP contribution in [0, 0.1) is 5.82 Å². The van der Waals surface area contributed by atoms with Crippen LogP contribution in [-0.4, -0.2) is 34.6 Å². The second-order valence-electron chi connectivity index (χ2n) is 8.33. The summed E-state index contributed by atoms with van der Waals surface area (Å²) >= 11 is 6.19. The molecule has 0 radical (unpaired) electrons. The lowest BCUT2D eigenvalue weighted by Crippen LogP contribution is -2.38. The van der Waals surface area contributed by atoms with Gasteiger partial charge in [-0.15, -0.1) is 0 Å². The van der Waals surface area contributed by atoms with Gasteiger partial charge in [-0.05, 0) is 85.8 Å². The Balaban J connectivity index is 1.65. The lowest BCUT2D eigenvalue weighted by molar-refractivity contribution is -0.114. The summed E-state index contributed by atoms with van der Waals surface area (Å²) in [6, 6.07) is 22.2. The summed E-state index contributed by atoms with van der Waals surface area (Å²) in [5, 5.41) is 3.02. The molecule has 11 heteroatoms. The normalized spacial score (nSPS) is 11.0. The van der Waals surface area contributed by atoms with Gasteiger partial charge in [0.25, 0.3) is 10.0 Å². The molecule has 0 unspecified atom stereocenters. The van der Waals surface area contributed by atoms with Crippen molar-refractivity contribution in [2.45, 2.75) is 11.8 Å². The highest BCUT2D eigenvalue weighted by molar-refractivity contribution is 7.92. The molecule has 0 saturated carbocycles. The summed E-state index contributed by atoms with van der Waals surface area (Å²) in [6.45, 7) is 1.65. The third-order valence-electron chi connectivity index (χ3n) is 5.63. The van der Waals surface area contributed by atoms with Gasteiger partial charge in [-0.1, -0.05) is 23.7 Å². The zero-order chi connectivity index (χ0) is 28.7. The number of methoxy groups -OCH3 is 1. The predicted octanol–water partition coefficient (Wildman–Crippen LogP) is 6.51. The summed E-state index contributed by atoms with van der Waals surface area (Å²) in [4.78, 5) is 13.1. The molecule has 0 saturated heterocycles. The van der Waals surface area contributed by atoms with E-state index in [1.165, 1.54) is 25.3 Å². The molecule has 1 N–H and O–H groups in total. The van der Waals surface area contributed by atoms with Crippen molar-refractivity contribution in [3.8, 4) is 23.0 Å². The number of rotatable bonds is 11. The zero-order valence-corrected chi connectivity index (χ0v) is 23.2. The third-order valence-corrected chi connectivity index (χ3v) is 7.65. The fourth-order valence-corrected chi connectivity index (χ4v) is 5.35. The van der Waals surface area contributed by atoms with Crippen LogP contribution in [0.5, 0.6) is 23.0 Å². The number of carbonyl (C=O) groups excluding carboxylic acids is 1. The lowest BCUT2D eigenvalue weighted by atomic mass is 10.2. The Hall–Kier alpha value is -4.28. The molecule has 0 aliphatic heterocycles. The average Bonchev–Trinajstić information content (AvgIpc) is 2.94. The van der Waals surface area contributed by atoms with Crippen molar-refractivity contribution >= 4 is 38.9 Å². The second kappa shape index (κ2) is 12.7. The Labute approximate surface area is 236 Å². The number of ether oxygens (including phenoxy) is 3. The summed E-state index contributed by atoms with van der Waals surface area (Å²) in [7, 11) is -2.76. The van der Waals surface area contributed by atoms with Gasteiger partial charge in [-0.2, -0.15) is 0 Å². The second-order valence-corrected chi connectivity index (χ2v) is 10.6. The van der Waals surface area contributed by atoms with Gasteiger partial charge in [-0.25, -0.2) is 12.8 Å². The number of benzene rings is 4. The molecule has 0 heterocycles. The molecular formula is C29H26ClFN2O6S. The van der Waals surface area contributed by atoms with Crippen molar-refractivity contribution < 1.29 is 31.8 Å². The first-order valence-electron chi connectivity index (χ1n) is 12.1. The summed E-state index contributed by atoms with van der Waals surface area (Å²) in [5.41, 5.74) is 0.425. The molecule has 0 fully saturated rings. The van der Waals surface area contributed by atoms with Crippen molar-refractivity contribution in [3.05, 3.63) is 102 Å². The van der Waals surface area contributed by atoms with Gasteiger partial charge in [0.15, 0.2) is 17.2 Å². The molecule has 208 valence electrons. The zero-order valence-electron chi connectivity index (χ0n) is 21.6. The molecule has 8 nitrogen and oxygen atoms in total. The van der Waals surface area contributed by atoms with Crippen molar-refractivity contribution in [1.82, 2.24) is 0 Å². The van der Waals surface area contributed by atoms with Crippen LogP contribution in [-0.2, 0) is 14.8 Å². The fraction of sp³-hybridized carbons (Fsp3) is 0.138. The van der Waals surface area contributed by atoms with Crippen molar-refractivity contribution in [2.24, 2.45) is 0 Å². The maximum atomic E-state index is 13.6. The predicted molar refractivity (Wildman–Crippen MR) is 152 cm³/mol. The van der Waals surface area contributed by atoms with E-state index < -0.39 is 28.3 Å². The van der Waals surface area contributed by atoms with Crippen LogP contribution in [0.1, 0.15) is 6.92 Å². The number of hydrogen-bond acceptors (Lipinski definition) is 6. The van der Waals surface area contributed by atoms with Crippen LogP contribution in [0.15, 0.2) is 95.9 Å². The number of nitrogens with zero attached hydrogens (tertiary/aromatic N) is 1. The SMILES string of the molecule is CCOc1ccc(N(CC(=O)Nc2cc(Cl)ccc2Oc2ccccc2OC)S(=O)(=O)c2ccc(F)cc2)cc1. The average molecular weight is 585 g/mol. The number of para-hydroxylation sites is 2. The molecule has 4 aromatic rings. The van der Waals surface area contributed by atoms with Crippen LogP contribution in [0.2, 0.25) is 5.02 Å². The molecule has 0 bridgehead atoms. The van der Waals surface area contributed by atoms with Crippen molar-refractivity contribution in [1.29, 1.82) is 0 Å². The van der Waals surface area contributed by atoms with E-state index in [2.05, 4.69) is 5.32 Å². The van der Waals surface area contributed by atoms with Crippen LogP contribution in [0.3, 0.4) is 0 Å². The largest absolute Gasteiger partial charge is 0.494 e. The maximum Gasteiger partial charge on any atom is 0.264 e. The van der Waals surface area contributed by atoms with Crippen LogP contribution in [0.25, 0.3) is 0 Å². The quantitative estimate of drug-likeness (QED) is 0.216. The molecule has 0 spiro atoms. The minimum atomic E-state index is -4.27. The van der Waals surface area contributed by atoms with E-state index in [-0.39, 0.29) is 22.0 Å². The molecule has 1 amide bonds. The number of carbonyl (C=O) groups is 1. The van der Waals surface area contributed by atoms with Gasteiger partial charge in [0.2, 0.25) is 5.91 Å². The summed E-state index contributed by atoms with van der Waals surface area (Å²) in [6.07, 6.45) is 0. The van der Waals surface area contributed by atoms with Crippen LogP contribution in [0.4, 0.5) is 15.8 Å². The Kier molecular flexibility index (Phi) is 9.13. The van der Waals surface area contributed by atoms with E-state index >= 15 is 0 Å². The minimum Gasteiger partial charge on any atom is -0.494 e. The molecule has 4 rings (SSSR count). The number of amides is 1. The topological polar surface area (TPSA) is 94.2 Å². The molecule has 40 heavy (non-hydrogen) atoms. The Morgan fingerprint density at radius 3 is 2.25 bits per heavy atom. The Morgan fingerprint density at radius 2 is 1.60 bits per heavy atom. The van der Waals surface area contributed by atoms with Gasteiger partial charge in [0, 0.05) is 5.02 Å². The summed E-state index contributed by atoms with van der Waals surface area (Å²) < 4.78 is 58.4. The Bertz CT molecular complexity index is 1580. The molecule has 0 aromatic heterocycles. The number of sulfonamides is 1. The van der Waals surface area contributed by atoms with E-state index in [1.54, 1.807) is 48.5 Å². The number of nitrogens with one attached hydrogen (secondary N) is 1. The first-order valence-corrected chi connectivity index (χ1v) is 13.9.